The van der Waals surface area contributed by atoms with E-state index >= 15 is 0 Å². The Morgan fingerprint density at radius 3 is 2.88 bits per heavy atom. The minimum Gasteiger partial charge on any atom is -0.351 e. The van der Waals surface area contributed by atoms with Gasteiger partial charge in [-0.3, -0.25) is 4.79 Å². The highest BCUT2D eigenvalue weighted by Gasteiger charge is 2.40. The van der Waals surface area contributed by atoms with E-state index in [2.05, 4.69) is 10.3 Å². The average Bonchev–Trinajstić information content (AvgIpc) is 3.34. The lowest BCUT2D eigenvalue weighted by Gasteiger charge is -2.17. The van der Waals surface area contributed by atoms with E-state index in [0.717, 1.165) is 17.0 Å². The molecule has 1 aliphatic carbocycles. The van der Waals surface area contributed by atoms with Crippen molar-refractivity contribution in [2.75, 3.05) is 18.5 Å². The van der Waals surface area contributed by atoms with E-state index < -0.39 is 0 Å². The third kappa shape index (κ3) is 3.66. The molecule has 0 aliphatic heterocycles. The summed E-state index contributed by atoms with van der Waals surface area (Å²) in [5.74, 6) is 0.895. The van der Waals surface area contributed by atoms with Crippen molar-refractivity contribution in [3.8, 4) is 6.07 Å². The van der Waals surface area contributed by atoms with Crippen molar-refractivity contribution in [3.05, 3.63) is 58.7 Å². The summed E-state index contributed by atoms with van der Waals surface area (Å²) in [5, 5.41) is 12.6. The van der Waals surface area contributed by atoms with E-state index in [9.17, 15) is 4.79 Å². The molecule has 24 heavy (non-hydrogen) atoms. The summed E-state index contributed by atoms with van der Waals surface area (Å²) < 4.78 is 0. The first-order chi connectivity index (χ1) is 11.6. The molecule has 1 heterocycles. The maximum Gasteiger partial charge on any atom is 0.239 e. The van der Waals surface area contributed by atoms with Crippen molar-refractivity contribution >= 4 is 23.3 Å². The predicted octanol–water partition coefficient (Wildman–Crippen LogP) is 2.72. The van der Waals surface area contributed by atoms with E-state index in [1.54, 1.807) is 24.1 Å². The van der Waals surface area contributed by atoms with Crippen LogP contribution >= 0.6 is 11.6 Å². The first-order valence-electron chi connectivity index (χ1n) is 7.69. The Bertz CT molecular complexity index is 784. The van der Waals surface area contributed by atoms with Crippen molar-refractivity contribution in [1.29, 1.82) is 5.26 Å². The fourth-order valence-corrected chi connectivity index (χ4v) is 2.98. The van der Waals surface area contributed by atoms with Crippen LogP contribution in [-0.2, 0) is 4.79 Å². The third-order valence-electron chi connectivity index (χ3n) is 4.09. The van der Waals surface area contributed by atoms with Crippen molar-refractivity contribution in [3.63, 3.8) is 0 Å². The van der Waals surface area contributed by atoms with Crippen molar-refractivity contribution in [2.24, 2.45) is 0 Å². The SMILES string of the molecule is CN(CC(=O)N[C@@H]1C[C@@H]1c1ccccc1Cl)c1ccc(C#N)cn1. The van der Waals surface area contributed by atoms with E-state index in [0.29, 0.717) is 17.3 Å². The number of hydrogen-bond acceptors (Lipinski definition) is 4. The average molecular weight is 341 g/mol. The summed E-state index contributed by atoms with van der Waals surface area (Å²) in [6, 6.07) is 13.3. The molecule has 1 aromatic carbocycles. The quantitative estimate of drug-likeness (QED) is 0.908. The summed E-state index contributed by atoms with van der Waals surface area (Å²) in [6.07, 6.45) is 2.41. The number of carbonyl (C=O) groups is 1. The Balaban J connectivity index is 1.53. The molecule has 1 aliphatic rings. The molecular weight excluding hydrogens is 324 g/mol. The molecule has 5 nitrogen and oxygen atoms in total. The second-order valence-corrected chi connectivity index (χ2v) is 6.32. The second kappa shape index (κ2) is 6.90. The van der Waals surface area contributed by atoms with Crippen LogP contribution < -0.4 is 10.2 Å². The zero-order valence-corrected chi connectivity index (χ0v) is 14.0. The molecule has 3 rings (SSSR count). The third-order valence-corrected chi connectivity index (χ3v) is 4.43. The molecule has 2 atom stereocenters. The molecule has 0 radical (unpaired) electrons. The van der Waals surface area contributed by atoms with Gasteiger partial charge in [-0.05, 0) is 30.2 Å². The number of nitrogens with zero attached hydrogens (tertiary/aromatic N) is 3. The van der Waals surface area contributed by atoms with E-state index in [-0.39, 0.29) is 18.5 Å². The van der Waals surface area contributed by atoms with Gasteiger partial charge in [0.15, 0.2) is 0 Å². The molecule has 0 spiro atoms. The number of halogens is 1. The molecule has 1 fully saturated rings. The second-order valence-electron chi connectivity index (χ2n) is 5.91. The van der Waals surface area contributed by atoms with Crippen molar-refractivity contribution in [2.45, 2.75) is 18.4 Å². The highest BCUT2D eigenvalue weighted by molar-refractivity contribution is 6.31. The Labute approximate surface area is 145 Å². The van der Waals surface area contributed by atoms with Gasteiger partial charge in [0.1, 0.15) is 11.9 Å². The molecule has 0 unspecified atom stereocenters. The lowest BCUT2D eigenvalue weighted by Crippen LogP contribution is -2.37. The van der Waals surface area contributed by atoms with E-state index in [1.165, 1.54) is 6.20 Å². The number of hydrogen-bond donors (Lipinski definition) is 1. The van der Waals surface area contributed by atoms with Crippen LogP contribution in [0, 0.1) is 11.3 Å². The first kappa shape index (κ1) is 16.3. The number of nitrogens with one attached hydrogen (secondary N) is 1. The Morgan fingerprint density at radius 1 is 1.42 bits per heavy atom. The van der Waals surface area contributed by atoms with Gasteiger partial charge in [0.05, 0.1) is 12.1 Å². The molecular formula is C18H17ClN4O. The summed E-state index contributed by atoms with van der Waals surface area (Å²) in [7, 11) is 1.80. The predicted molar refractivity (Wildman–Crippen MR) is 93.0 cm³/mol. The van der Waals surface area contributed by atoms with Crippen LogP contribution in [-0.4, -0.2) is 30.5 Å². The number of nitriles is 1. The van der Waals surface area contributed by atoms with Gasteiger partial charge in [0.25, 0.3) is 0 Å². The molecule has 1 saturated carbocycles. The Morgan fingerprint density at radius 2 is 2.21 bits per heavy atom. The van der Waals surface area contributed by atoms with Gasteiger partial charge in [-0.1, -0.05) is 29.8 Å². The monoisotopic (exact) mass is 340 g/mol. The number of pyridine rings is 1. The van der Waals surface area contributed by atoms with Crippen LogP contribution in [0.1, 0.15) is 23.5 Å². The fraction of sp³-hybridized carbons (Fsp3) is 0.278. The number of aromatic nitrogens is 1. The Hall–Kier alpha value is -2.58. The minimum atomic E-state index is -0.0526. The molecule has 2 aromatic rings. The maximum atomic E-state index is 12.2. The van der Waals surface area contributed by atoms with Crippen LogP contribution in [0.4, 0.5) is 5.82 Å². The first-order valence-corrected chi connectivity index (χ1v) is 8.07. The molecule has 1 N–H and O–H groups in total. The largest absolute Gasteiger partial charge is 0.351 e. The topological polar surface area (TPSA) is 69.0 Å². The molecule has 1 amide bonds. The van der Waals surface area contributed by atoms with E-state index in [4.69, 9.17) is 16.9 Å². The number of benzene rings is 1. The van der Waals surface area contributed by atoms with Crippen LogP contribution in [0.2, 0.25) is 5.02 Å². The van der Waals surface area contributed by atoms with Gasteiger partial charge >= 0.3 is 0 Å². The standard InChI is InChI=1S/C18H17ClN4O/c1-23(17-7-6-12(9-20)10-21-17)11-18(24)22-16-8-14(16)13-4-2-3-5-15(13)19/h2-7,10,14,16H,8,11H2,1H3,(H,22,24)/t14-,16-/m1/s1. The van der Waals surface area contributed by atoms with Gasteiger partial charge in [-0.25, -0.2) is 4.98 Å². The molecule has 0 saturated heterocycles. The zero-order chi connectivity index (χ0) is 17.1. The number of carbonyl (C=O) groups excluding carboxylic acids is 1. The molecule has 6 heteroatoms. The number of likely N-dealkylation sites (N-methyl/N-ethyl adjacent to an activating group) is 1. The van der Waals surface area contributed by atoms with Gasteiger partial charge < -0.3 is 10.2 Å². The normalized spacial score (nSPS) is 18.5. The van der Waals surface area contributed by atoms with Gasteiger partial charge in [0.2, 0.25) is 5.91 Å². The highest BCUT2D eigenvalue weighted by atomic mass is 35.5. The fourth-order valence-electron chi connectivity index (χ4n) is 2.70. The molecule has 122 valence electrons. The van der Waals surface area contributed by atoms with Crippen LogP contribution in [0.15, 0.2) is 42.6 Å². The van der Waals surface area contributed by atoms with Crippen molar-refractivity contribution in [1.82, 2.24) is 10.3 Å². The smallest absolute Gasteiger partial charge is 0.239 e. The molecule has 1 aromatic heterocycles. The van der Waals surface area contributed by atoms with Crippen LogP contribution in [0.25, 0.3) is 0 Å². The van der Waals surface area contributed by atoms with Crippen LogP contribution in [0.3, 0.4) is 0 Å². The molecule has 0 bridgehead atoms. The van der Waals surface area contributed by atoms with Gasteiger partial charge in [-0.15, -0.1) is 0 Å². The minimum absolute atomic E-state index is 0.0526. The maximum absolute atomic E-state index is 12.2. The van der Waals surface area contributed by atoms with Crippen molar-refractivity contribution < 1.29 is 4.79 Å². The lowest BCUT2D eigenvalue weighted by atomic mass is 10.1. The Kier molecular flexibility index (Phi) is 4.68. The number of anilines is 1. The van der Waals surface area contributed by atoms with Crippen LogP contribution in [0.5, 0.6) is 0 Å². The zero-order valence-electron chi connectivity index (χ0n) is 13.2. The van der Waals surface area contributed by atoms with Gasteiger partial charge in [0, 0.05) is 30.2 Å². The number of rotatable bonds is 5. The summed E-state index contributed by atoms with van der Waals surface area (Å²) in [4.78, 5) is 18.1. The summed E-state index contributed by atoms with van der Waals surface area (Å²) in [5.41, 5.74) is 1.59. The lowest BCUT2D eigenvalue weighted by molar-refractivity contribution is -0.119. The summed E-state index contributed by atoms with van der Waals surface area (Å²) in [6.45, 7) is 0.213. The number of amides is 1. The highest BCUT2D eigenvalue weighted by Crippen LogP contribution is 2.43. The van der Waals surface area contributed by atoms with E-state index in [1.807, 2.05) is 30.3 Å². The van der Waals surface area contributed by atoms with Gasteiger partial charge in [-0.2, -0.15) is 5.26 Å². The summed E-state index contributed by atoms with van der Waals surface area (Å²) >= 11 is 6.20.